The van der Waals surface area contributed by atoms with Gasteiger partial charge in [-0.25, -0.2) is 9.78 Å². The van der Waals surface area contributed by atoms with E-state index < -0.39 is 28.8 Å². The van der Waals surface area contributed by atoms with Crippen LogP contribution >= 0.6 is 11.8 Å². The van der Waals surface area contributed by atoms with Gasteiger partial charge in [0, 0.05) is 12.7 Å². The van der Waals surface area contributed by atoms with E-state index in [1.54, 1.807) is 0 Å². The van der Waals surface area contributed by atoms with E-state index in [4.69, 9.17) is 5.73 Å². The summed E-state index contributed by atoms with van der Waals surface area (Å²) < 4.78 is 38.7. The first kappa shape index (κ1) is 20.7. The summed E-state index contributed by atoms with van der Waals surface area (Å²) in [4.78, 5) is 42.0. The van der Waals surface area contributed by atoms with Crippen molar-refractivity contribution < 1.29 is 18.0 Å². The van der Waals surface area contributed by atoms with E-state index in [0.29, 0.717) is 6.20 Å². The molecule has 0 aliphatic carbocycles. The molecule has 0 bridgehead atoms. The number of H-pyrrole nitrogens is 1. The third-order valence-corrected chi connectivity index (χ3v) is 4.42. The number of carbonyl (C=O) groups excluding carboxylic acids is 1. The highest BCUT2D eigenvalue weighted by atomic mass is 32.2. The van der Waals surface area contributed by atoms with Gasteiger partial charge in [-0.15, -0.1) is 0 Å². The highest BCUT2D eigenvalue weighted by molar-refractivity contribution is 7.99. The zero-order valence-electron chi connectivity index (χ0n) is 14.5. The van der Waals surface area contributed by atoms with E-state index in [1.807, 2.05) is 13.8 Å². The average Bonchev–Trinajstić information content (AvgIpc) is 2.56. The predicted octanol–water partition coefficient (Wildman–Crippen LogP) is 2.16. The summed E-state index contributed by atoms with van der Waals surface area (Å²) in [5, 5.41) is 0.182. The SMILES string of the molecule is CC(C)Cn1c(N)c(C(=O)CSc2ccc(C(F)(F)F)cn2)c(=O)[nH]c1=O. The molecule has 2 heterocycles. The van der Waals surface area contributed by atoms with Gasteiger partial charge in [-0.1, -0.05) is 25.6 Å². The molecule has 0 saturated carbocycles. The standard InChI is InChI=1S/C16H17F3N4O3S/c1-8(2)6-23-13(20)12(14(25)22-15(23)26)10(24)7-27-11-4-3-9(5-21-11)16(17,18)19/h3-5,8H,6-7,20H2,1-2H3,(H,22,25,26). The zero-order chi connectivity index (χ0) is 20.4. The van der Waals surface area contributed by atoms with Crippen molar-refractivity contribution in [3.8, 4) is 0 Å². The van der Waals surface area contributed by atoms with Crippen LogP contribution in [0.3, 0.4) is 0 Å². The molecule has 3 N–H and O–H groups in total. The summed E-state index contributed by atoms with van der Waals surface area (Å²) >= 11 is 0.860. The molecule has 0 fully saturated rings. The summed E-state index contributed by atoms with van der Waals surface area (Å²) in [6.07, 6.45) is -3.84. The smallest absolute Gasteiger partial charge is 0.384 e. The highest BCUT2D eigenvalue weighted by Crippen LogP contribution is 2.29. The highest BCUT2D eigenvalue weighted by Gasteiger charge is 2.30. The first-order valence-electron chi connectivity index (χ1n) is 7.82. The molecule has 146 valence electrons. The number of ketones is 1. The summed E-state index contributed by atoms with van der Waals surface area (Å²) in [6, 6.07) is 1.98. The lowest BCUT2D eigenvalue weighted by Gasteiger charge is -2.13. The maximum Gasteiger partial charge on any atom is 0.417 e. The fraction of sp³-hybridized carbons (Fsp3) is 0.375. The van der Waals surface area contributed by atoms with Crippen molar-refractivity contribution in [2.45, 2.75) is 31.6 Å². The van der Waals surface area contributed by atoms with E-state index in [0.717, 1.165) is 28.5 Å². The topological polar surface area (TPSA) is 111 Å². The van der Waals surface area contributed by atoms with Crippen LogP contribution in [0.1, 0.15) is 29.8 Å². The normalized spacial score (nSPS) is 11.8. The van der Waals surface area contributed by atoms with Gasteiger partial charge < -0.3 is 5.73 Å². The second-order valence-electron chi connectivity index (χ2n) is 6.12. The number of hydrogen-bond donors (Lipinski definition) is 2. The van der Waals surface area contributed by atoms with Gasteiger partial charge in [0.05, 0.1) is 16.3 Å². The van der Waals surface area contributed by atoms with Crippen molar-refractivity contribution in [3.63, 3.8) is 0 Å². The second-order valence-corrected chi connectivity index (χ2v) is 7.11. The number of rotatable bonds is 6. The fourth-order valence-corrected chi connectivity index (χ4v) is 2.96. The fourth-order valence-electron chi connectivity index (χ4n) is 2.25. The quantitative estimate of drug-likeness (QED) is 0.566. The Morgan fingerprint density at radius 1 is 1.33 bits per heavy atom. The van der Waals surface area contributed by atoms with Crippen molar-refractivity contribution in [1.29, 1.82) is 0 Å². The summed E-state index contributed by atoms with van der Waals surface area (Å²) in [5.41, 5.74) is 2.98. The van der Waals surface area contributed by atoms with Gasteiger partial charge in [0.15, 0.2) is 5.78 Å². The van der Waals surface area contributed by atoms with Crippen LogP contribution in [0.25, 0.3) is 0 Å². The van der Waals surface area contributed by atoms with Crippen LogP contribution in [-0.4, -0.2) is 26.1 Å². The number of halogens is 3. The molecule has 0 aromatic carbocycles. The van der Waals surface area contributed by atoms with E-state index in [1.165, 1.54) is 0 Å². The van der Waals surface area contributed by atoms with Gasteiger partial charge in [-0.05, 0) is 18.1 Å². The number of nitrogens with zero attached hydrogens (tertiary/aromatic N) is 2. The molecular formula is C16H17F3N4O3S. The van der Waals surface area contributed by atoms with Gasteiger partial charge in [0.25, 0.3) is 5.56 Å². The summed E-state index contributed by atoms with van der Waals surface area (Å²) in [6.45, 7) is 3.89. The first-order valence-corrected chi connectivity index (χ1v) is 8.81. The largest absolute Gasteiger partial charge is 0.417 e. The minimum absolute atomic E-state index is 0.0459. The number of alkyl halides is 3. The molecule has 2 aromatic heterocycles. The molecule has 0 aliphatic rings. The van der Waals surface area contributed by atoms with Gasteiger partial charge >= 0.3 is 11.9 Å². The van der Waals surface area contributed by atoms with Crippen LogP contribution in [-0.2, 0) is 12.7 Å². The molecule has 2 rings (SSSR count). The Kier molecular flexibility index (Phi) is 6.14. The Bertz CT molecular complexity index is 949. The molecule has 0 aliphatic heterocycles. The lowest BCUT2D eigenvalue weighted by atomic mass is 10.2. The predicted molar refractivity (Wildman–Crippen MR) is 94.9 cm³/mol. The van der Waals surface area contributed by atoms with E-state index in [-0.39, 0.29) is 34.6 Å². The monoisotopic (exact) mass is 402 g/mol. The van der Waals surface area contributed by atoms with Crippen molar-refractivity contribution in [2.24, 2.45) is 5.92 Å². The number of carbonyl (C=O) groups is 1. The Morgan fingerprint density at radius 3 is 2.52 bits per heavy atom. The molecule has 0 radical (unpaired) electrons. The van der Waals surface area contributed by atoms with E-state index in [9.17, 15) is 27.6 Å². The Balaban J connectivity index is 2.21. The van der Waals surface area contributed by atoms with Crippen molar-refractivity contribution >= 4 is 23.4 Å². The van der Waals surface area contributed by atoms with E-state index in [2.05, 4.69) is 9.97 Å². The Labute approximate surface area is 155 Å². The number of aromatic nitrogens is 3. The van der Waals surface area contributed by atoms with Gasteiger partial charge in [-0.3, -0.25) is 19.1 Å². The van der Waals surface area contributed by atoms with Crippen molar-refractivity contribution in [1.82, 2.24) is 14.5 Å². The maximum atomic E-state index is 12.5. The third kappa shape index (κ3) is 5.00. The molecular weight excluding hydrogens is 385 g/mol. The molecule has 7 nitrogen and oxygen atoms in total. The summed E-state index contributed by atoms with van der Waals surface area (Å²) in [5.74, 6) is -1.11. The van der Waals surface area contributed by atoms with E-state index >= 15 is 0 Å². The number of hydrogen-bond acceptors (Lipinski definition) is 6. The molecule has 0 amide bonds. The lowest BCUT2D eigenvalue weighted by molar-refractivity contribution is -0.137. The molecule has 11 heteroatoms. The van der Waals surface area contributed by atoms with Crippen molar-refractivity contribution in [3.05, 3.63) is 50.3 Å². The number of Topliss-reactive ketones (excluding diaryl/α,β-unsaturated/α-hetero) is 1. The third-order valence-electron chi connectivity index (χ3n) is 3.48. The summed E-state index contributed by atoms with van der Waals surface area (Å²) in [7, 11) is 0. The van der Waals surface area contributed by atoms with Crippen molar-refractivity contribution in [2.75, 3.05) is 11.5 Å². The maximum absolute atomic E-state index is 12.5. The molecule has 27 heavy (non-hydrogen) atoms. The first-order chi connectivity index (χ1) is 12.5. The number of nitrogens with one attached hydrogen (secondary N) is 1. The molecule has 0 atom stereocenters. The second kappa shape index (κ2) is 7.99. The van der Waals surface area contributed by atoms with Crippen LogP contribution in [0, 0.1) is 5.92 Å². The number of aromatic amines is 1. The average molecular weight is 402 g/mol. The Hall–Kier alpha value is -2.56. The Morgan fingerprint density at radius 2 is 2.00 bits per heavy atom. The number of anilines is 1. The number of thioether (sulfide) groups is 1. The van der Waals surface area contributed by atoms with Crippen LogP contribution < -0.4 is 17.0 Å². The number of pyridine rings is 1. The zero-order valence-corrected chi connectivity index (χ0v) is 15.3. The number of nitrogens with two attached hydrogens (primary N) is 1. The molecule has 0 spiro atoms. The molecule has 2 aromatic rings. The van der Waals surface area contributed by atoms with Gasteiger partial charge in [-0.2, -0.15) is 13.2 Å². The number of nitrogen functional groups attached to an aromatic ring is 1. The van der Waals surface area contributed by atoms with Crippen LogP contribution in [0.2, 0.25) is 0 Å². The van der Waals surface area contributed by atoms with Crippen LogP contribution in [0.15, 0.2) is 32.9 Å². The van der Waals surface area contributed by atoms with Crippen LogP contribution in [0.5, 0.6) is 0 Å². The van der Waals surface area contributed by atoms with Gasteiger partial charge in [0.2, 0.25) is 0 Å². The van der Waals surface area contributed by atoms with Crippen LogP contribution in [0.4, 0.5) is 19.0 Å². The molecule has 0 saturated heterocycles. The minimum Gasteiger partial charge on any atom is -0.384 e. The van der Waals surface area contributed by atoms with Gasteiger partial charge in [0.1, 0.15) is 11.4 Å². The minimum atomic E-state index is -4.50. The lowest BCUT2D eigenvalue weighted by Crippen LogP contribution is -2.37. The molecule has 0 unspecified atom stereocenters.